The smallest absolute Gasteiger partial charge is 0.342 e. The van der Waals surface area contributed by atoms with Gasteiger partial charge in [0.05, 0.1) is 12.9 Å². The lowest BCUT2D eigenvalue weighted by Gasteiger charge is -1.96. The summed E-state index contributed by atoms with van der Waals surface area (Å²) in [5.74, 6) is -0.531. The Balaban J connectivity index is 2.88. The summed E-state index contributed by atoms with van der Waals surface area (Å²) >= 11 is 0. The molecule has 0 radical (unpaired) electrons. The van der Waals surface area contributed by atoms with Crippen LogP contribution >= 0.6 is 0 Å². The molecule has 0 atom stereocenters. The Morgan fingerprint density at radius 2 is 2.58 bits per heavy atom. The largest absolute Gasteiger partial charge is 0.462 e. The minimum atomic E-state index is -0.525. The van der Waals surface area contributed by atoms with E-state index in [4.69, 9.17) is 9.68 Å². The molecule has 0 aromatic carbocycles. The molecule has 0 fully saturated rings. The molecular formula is C8H7NO3. The maximum absolute atomic E-state index is 11.1. The lowest BCUT2D eigenvalue weighted by molar-refractivity contribution is 0.0525. The van der Waals surface area contributed by atoms with Gasteiger partial charge in [0.15, 0.2) is 0 Å². The molecule has 4 heteroatoms. The van der Waals surface area contributed by atoms with Gasteiger partial charge >= 0.3 is 5.97 Å². The van der Waals surface area contributed by atoms with Crippen LogP contribution in [-0.2, 0) is 4.74 Å². The third kappa shape index (κ3) is 1.45. The molecule has 0 N–H and O–H groups in total. The van der Waals surface area contributed by atoms with E-state index >= 15 is 0 Å². The SMILES string of the molecule is CCOC(=O)c1ccoc1C#N. The quantitative estimate of drug-likeness (QED) is 0.620. The van der Waals surface area contributed by atoms with E-state index in [1.165, 1.54) is 12.3 Å². The number of rotatable bonds is 2. The van der Waals surface area contributed by atoms with E-state index in [1.54, 1.807) is 13.0 Å². The zero-order valence-electron chi connectivity index (χ0n) is 6.53. The molecule has 4 nitrogen and oxygen atoms in total. The van der Waals surface area contributed by atoms with Crippen molar-refractivity contribution in [1.29, 1.82) is 5.26 Å². The van der Waals surface area contributed by atoms with Gasteiger partial charge in [0, 0.05) is 0 Å². The highest BCUT2D eigenvalue weighted by atomic mass is 16.5. The van der Waals surface area contributed by atoms with Gasteiger partial charge in [0.2, 0.25) is 5.76 Å². The summed E-state index contributed by atoms with van der Waals surface area (Å²) in [6.45, 7) is 1.99. The van der Waals surface area contributed by atoms with Crippen LogP contribution in [-0.4, -0.2) is 12.6 Å². The minimum absolute atomic E-state index is 0.00606. The maximum atomic E-state index is 11.1. The van der Waals surface area contributed by atoms with Crippen LogP contribution in [0.3, 0.4) is 0 Å². The fourth-order valence-corrected chi connectivity index (χ4v) is 0.765. The van der Waals surface area contributed by atoms with E-state index < -0.39 is 5.97 Å². The fourth-order valence-electron chi connectivity index (χ4n) is 0.765. The second kappa shape index (κ2) is 3.58. The van der Waals surface area contributed by atoms with Crippen molar-refractivity contribution in [2.75, 3.05) is 6.61 Å². The Bertz CT molecular complexity index is 321. The molecule has 0 amide bonds. The highest BCUT2D eigenvalue weighted by Crippen LogP contribution is 2.09. The highest BCUT2D eigenvalue weighted by Gasteiger charge is 2.14. The molecule has 0 aliphatic rings. The Hall–Kier alpha value is -1.76. The first kappa shape index (κ1) is 8.34. The Labute approximate surface area is 69.4 Å². The summed E-state index contributed by atoms with van der Waals surface area (Å²) in [5, 5.41) is 8.47. The van der Waals surface area contributed by atoms with Gasteiger partial charge in [-0.15, -0.1) is 0 Å². The monoisotopic (exact) mass is 165 g/mol. The number of esters is 1. The van der Waals surface area contributed by atoms with Crippen molar-refractivity contribution in [2.45, 2.75) is 6.92 Å². The number of furan rings is 1. The fraction of sp³-hybridized carbons (Fsp3) is 0.250. The highest BCUT2D eigenvalue weighted by molar-refractivity contribution is 5.91. The zero-order valence-corrected chi connectivity index (χ0v) is 6.53. The Kier molecular flexibility index (Phi) is 2.49. The van der Waals surface area contributed by atoms with Crippen molar-refractivity contribution in [3.8, 4) is 6.07 Å². The van der Waals surface area contributed by atoms with Crippen molar-refractivity contribution in [2.24, 2.45) is 0 Å². The van der Waals surface area contributed by atoms with Crippen molar-refractivity contribution >= 4 is 5.97 Å². The van der Waals surface area contributed by atoms with Gasteiger partial charge in [-0.2, -0.15) is 5.26 Å². The molecular weight excluding hydrogens is 158 g/mol. The van der Waals surface area contributed by atoms with E-state index in [9.17, 15) is 4.79 Å². The molecule has 0 saturated carbocycles. The van der Waals surface area contributed by atoms with Gasteiger partial charge in [-0.25, -0.2) is 4.79 Å². The normalized spacial score (nSPS) is 9.00. The predicted octanol–water partition coefficient (Wildman–Crippen LogP) is 1.33. The molecule has 1 heterocycles. The standard InChI is InChI=1S/C8H7NO3/c1-2-11-8(10)6-3-4-12-7(6)5-9/h3-4H,2H2,1H3. The molecule has 1 rings (SSSR count). The van der Waals surface area contributed by atoms with Crippen LogP contribution in [0.4, 0.5) is 0 Å². The summed E-state index contributed by atoms with van der Waals surface area (Å²) < 4.78 is 9.40. The van der Waals surface area contributed by atoms with E-state index in [2.05, 4.69) is 4.74 Å². The first-order valence-corrected chi connectivity index (χ1v) is 3.44. The van der Waals surface area contributed by atoms with E-state index in [1.807, 2.05) is 0 Å². The van der Waals surface area contributed by atoms with Crippen molar-refractivity contribution in [1.82, 2.24) is 0 Å². The number of carbonyl (C=O) groups is 1. The van der Waals surface area contributed by atoms with Gasteiger partial charge in [0.1, 0.15) is 11.6 Å². The van der Waals surface area contributed by atoms with Crippen LogP contribution in [0.15, 0.2) is 16.7 Å². The molecule has 0 aliphatic carbocycles. The summed E-state index contributed by atoms with van der Waals surface area (Å²) in [6, 6.07) is 3.16. The van der Waals surface area contributed by atoms with Gasteiger partial charge < -0.3 is 9.15 Å². The molecule has 0 saturated heterocycles. The van der Waals surface area contributed by atoms with Gasteiger partial charge in [0.25, 0.3) is 0 Å². The van der Waals surface area contributed by atoms with E-state index in [0.717, 1.165) is 0 Å². The van der Waals surface area contributed by atoms with E-state index in [-0.39, 0.29) is 17.9 Å². The topological polar surface area (TPSA) is 63.2 Å². The van der Waals surface area contributed by atoms with Crippen LogP contribution in [0.5, 0.6) is 0 Å². The molecule has 0 unspecified atom stereocenters. The first-order chi connectivity index (χ1) is 5.79. The van der Waals surface area contributed by atoms with Crippen molar-refractivity contribution in [3.05, 3.63) is 23.7 Å². The van der Waals surface area contributed by atoms with Gasteiger partial charge in [-0.05, 0) is 13.0 Å². The van der Waals surface area contributed by atoms with Crippen LogP contribution in [0, 0.1) is 11.3 Å². The van der Waals surface area contributed by atoms with Crippen molar-refractivity contribution in [3.63, 3.8) is 0 Å². The number of nitrogens with zero attached hydrogens (tertiary/aromatic N) is 1. The Morgan fingerprint density at radius 1 is 1.83 bits per heavy atom. The van der Waals surface area contributed by atoms with Crippen LogP contribution in [0.2, 0.25) is 0 Å². The zero-order chi connectivity index (χ0) is 8.97. The molecule has 12 heavy (non-hydrogen) atoms. The first-order valence-electron chi connectivity index (χ1n) is 3.44. The number of nitriles is 1. The average Bonchev–Trinajstić information content (AvgIpc) is 2.51. The van der Waals surface area contributed by atoms with Crippen molar-refractivity contribution < 1.29 is 13.9 Å². The van der Waals surface area contributed by atoms with Gasteiger partial charge in [-0.1, -0.05) is 0 Å². The van der Waals surface area contributed by atoms with Gasteiger partial charge in [-0.3, -0.25) is 0 Å². The van der Waals surface area contributed by atoms with Crippen LogP contribution < -0.4 is 0 Å². The number of hydrogen-bond donors (Lipinski definition) is 0. The average molecular weight is 165 g/mol. The molecule has 0 aliphatic heterocycles. The molecule has 62 valence electrons. The number of ether oxygens (including phenoxy) is 1. The molecule has 0 bridgehead atoms. The summed E-state index contributed by atoms with van der Waals surface area (Å²) in [6.07, 6.45) is 1.28. The number of carbonyl (C=O) groups excluding carboxylic acids is 1. The predicted molar refractivity (Wildman–Crippen MR) is 39.4 cm³/mol. The summed E-state index contributed by atoms with van der Waals surface area (Å²) in [7, 11) is 0. The number of hydrogen-bond acceptors (Lipinski definition) is 4. The summed E-state index contributed by atoms with van der Waals surface area (Å²) in [4.78, 5) is 11.1. The molecule has 1 aromatic heterocycles. The molecule has 0 spiro atoms. The lowest BCUT2D eigenvalue weighted by atomic mass is 10.3. The van der Waals surface area contributed by atoms with Crippen LogP contribution in [0.1, 0.15) is 23.0 Å². The third-order valence-electron chi connectivity index (χ3n) is 1.26. The second-order valence-corrected chi connectivity index (χ2v) is 2.00. The summed E-state index contributed by atoms with van der Waals surface area (Å²) in [5.41, 5.74) is 0.180. The molecule has 1 aromatic rings. The van der Waals surface area contributed by atoms with Crippen LogP contribution in [0.25, 0.3) is 0 Å². The second-order valence-electron chi connectivity index (χ2n) is 2.00. The lowest BCUT2D eigenvalue weighted by Crippen LogP contribution is -2.04. The Morgan fingerprint density at radius 3 is 3.17 bits per heavy atom. The maximum Gasteiger partial charge on any atom is 0.342 e. The van der Waals surface area contributed by atoms with E-state index in [0.29, 0.717) is 0 Å². The third-order valence-corrected chi connectivity index (χ3v) is 1.26. The minimum Gasteiger partial charge on any atom is -0.462 e.